The third-order valence-corrected chi connectivity index (χ3v) is 3.17. The Hall–Kier alpha value is -2.21. The van der Waals surface area contributed by atoms with Gasteiger partial charge in [-0.05, 0) is 23.6 Å². The molecule has 3 rings (SSSR count). The number of pyridine rings is 1. The Balaban J connectivity index is 2.02. The lowest BCUT2D eigenvalue weighted by Gasteiger charge is -1.90. The second kappa shape index (κ2) is 3.99. The maximum Gasteiger partial charge on any atom is 0.270 e. The summed E-state index contributed by atoms with van der Waals surface area (Å²) in [6, 6.07) is 5.47. The van der Waals surface area contributed by atoms with Crippen LogP contribution in [0.4, 0.5) is 5.69 Å². The first-order valence-electron chi connectivity index (χ1n) is 4.92. The molecule has 0 saturated heterocycles. The molecule has 6 heteroatoms. The molecule has 0 unspecified atom stereocenters. The SMILES string of the molecule is Nc1ccsc1-c1nc(-c2ccncc2)no1. The van der Waals surface area contributed by atoms with E-state index in [0.29, 0.717) is 17.4 Å². The van der Waals surface area contributed by atoms with E-state index in [2.05, 4.69) is 15.1 Å². The molecule has 0 fully saturated rings. The van der Waals surface area contributed by atoms with Crippen LogP contribution in [0.1, 0.15) is 0 Å². The predicted molar refractivity (Wildman–Crippen MR) is 65.3 cm³/mol. The summed E-state index contributed by atoms with van der Waals surface area (Å²) in [6.07, 6.45) is 3.37. The van der Waals surface area contributed by atoms with Crippen molar-refractivity contribution in [3.05, 3.63) is 36.0 Å². The minimum Gasteiger partial charge on any atom is -0.397 e. The maximum absolute atomic E-state index is 5.79. The van der Waals surface area contributed by atoms with Crippen molar-refractivity contribution in [3.63, 3.8) is 0 Å². The highest BCUT2D eigenvalue weighted by atomic mass is 32.1. The van der Waals surface area contributed by atoms with Crippen molar-refractivity contribution in [2.24, 2.45) is 0 Å². The predicted octanol–water partition coefficient (Wildman–Crippen LogP) is 2.44. The molecule has 3 heterocycles. The van der Waals surface area contributed by atoms with E-state index in [4.69, 9.17) is 10.3 Å². The smallest absolute Gasteiger partial charge is 0.270 e. The average molecular weight is 244 g/mol. The van der Waals surface area contributed by atoms with E-state index >= 15 is 0 Å². The number of anilines is 1. The topological polar surface area (TPSA) is 77.8 Å². The van der Waals surface area contributed by atoms with Gasteiger partial charge in [-0.2, -0.15) is 4.98 Å². The first kappa shape index (κ1) is 9.98. The van der Waals surface area contributed by atoms with Crippen molar-refractivity contribution in [2.45, 2.75) is 0 Å². The first-order chi connectivity index (χ1) is 8.34. The number of nitrogens with zero attached hydrogens (tertiary/aromatic N) is 3. The third-order valence-electron chi connectivity index (χ3n) is 2.25. The second-order valence-corrected chi connectivity index (χ2v) is 4.28. The van der Waals surface area contributed by atoms with Gasteiger partial charge in [-0.1, -0.05) is 5.16 Å². The van der Waals surface area contributed by atoms with E-state index in [-0.39, 0.29) is 0 Å². The fourth-order valence-corrected chi connectivity index (χ4v) is 2.17. The van der Waals surface area contributed by atoms with Gasteiger partial charge in [0.05, 0.1) is 5.69 Å². The molecule has 0 saturated carbocycles. The van der Waals surface area contributed by atoms with Gasteiger partial charge in [-0.3, -0.25) is 4.98 Å². The highest BCUT2D eigenvalue weighted by Crippen LogP contribution is 2.31. The zero-order chi connectivity index (χ0) is 11.7. The van der Waals surface area contributed by atoms with E-state index in [1.165, 1.54) is 11.3 Å². The molecule has 0 atom stereocenters. The number of hydrogen-bond acceptors (Lipinski definition) is 6. The van der Waals surface area contributed by atoms with Crippen LogP contribution >= 0.6 is 11.3 Å². The Morgan fingerprint density at radius 2 is 2.00 bits per heavy atom. The highest BCUT2D eigenvalue weighted by molar-refractivity contribution is 7.14. The van der Waals surface area contributed by atoms with Gasteiger partial charge in [0.15, 0.2) is 0 Å². The summed E-state index contributed by atoms with van der Waals surface area (Å²) in [6.45, 7) is 0. The molecule has 84 valence electrons. The Kier molecular flexibility index (Phi) is 2.34. The van der Waals surface area contributed by atoms with Crippen LogP contribution in [0.5, 0.6) is 0 Å². The number of nitrogens with two attached hydrogens (primary N) is 1. The monoisotopic (exact) mass is 244 g/mol. The van der Waals surface area contributed by atoms with Crippen molar-refractivity contribution < 1.29 is 4.52 Å². The zero-order valence-corrected chi connectivity index (χ0v) is 9.52. The number of rotatable bonds is 2. The van der Waals surface area contributed by atoms with Crippen LogP contribution in [-0.2, 0) is 0 Å². The van der Waals surface area contributed by atoms with Crippen LogP contribution in [0.2, 0.25) is 0 Å². The molecule has 5 nitrogen and oxygen atoms in total. The largest absolute Gasteiger partial charge is 0.397 e. The molecule has 0 amide bonds. The molecule has 0 aliphatic heterocycles. The molecule has 0 aliphatic rings. The molecule has 0 aliphatic carbocycles. The van der Waals surface area contributed by atoms with Gasteiger partial charge < -0.3 is 10.3 Å². The Labute approximate surface area is 101 Å². The second-order valence-electron chi connectivity index (χ2n) is 3.36. The van der Waals surface area contributed by atoms with Crippen LogP contribution in [0, 0.1) is 0 Å². The van der Waals surface area contributed by atoms with Crippen LogP contribution < -0.4 is 5.73 Å². The van der Waals surface area contributed by atoms with Crippen LogP contribution in [0.15, 0.2) is 40.5 Å². The summed E-state index contributed by atoms with van der Waals surface area (Å²) in [5, 5.41) is 5.81. The number of thiophene rings is 1. The summed E-state index contributed by atoms with van der Waals surface area (Å²) in [7, 11) is 0. The van der Waals surface area contributed by atoms with Crippen molar-refractivity contribution in [3.8, 4) is 22.2 Å². The number of hydrogen-bond donors (Lipinski definition) is 1. The van der Waals surface area contributed by atoms with Crippen LogP contribution in [0.25, 0.3) is 22.2 Å². The van der Waals surface area contributed by atoms with Gasteiger partial charge in [-0.25, -0.2) is 0 Å². The van der Waals surface area contributed by atoms with Crippen LogP contribution in [-0.4, -0.2) is 15.1 Å². The van der Waals surface area contributed by atoms with E-state index < -0.39 is 0 Å². The molecular weight excluding hydrogens is 236 g/mol. The molecule has 0 radical (unpaired) electrons. The van der Waals surface area contributed by atoms with E-state index in [0.717, 1.165) is 10.4 Å². The maximum atomic E-state index is 5.79. The molecule has 3 aromatic rings. The summed E-state index contributed by atoms with van der Waals surface area (Å²) >= 11 is 1.48. The Bertz CT molecular complexity index is 632. The first-order valence-corrected chi connectivity index (χ1v) is 5.80. The summed E-state index contributed by atoms with van der Waals surface area (Å²) in [4.78, 5) is 9.05. The van der Waals surface area contributed by atoms with Gasteiger partial charge in [0.2, 0.25) is 5.82 Å². The highest BCUT2D eigenvalue weighted by Gasteiger charge is 2.13. The molecule has 0 spiro atoms. The van der Waals surface area contributed by atoms with E-state index in [1.54, 1.807) is 12.4 Å². The summed E-state index contributed by atoms with van der Waals surface area (Å²) < 4.78 is 5.19. The number of nitrogen functional groups attached to an aromatic ring is 1. The lowest BCUT2D eigenvalue weighted by atomic mass is 10.2. The van der Waals surface area contributed by atoms with Crippen molar-refractivity contribution in [2.75, 3.05) is 5.73 Å². The van der Waals surface area contributed by atoms with Gasteiger partial charge in [0.25, 0.3) is 5.89 Å². The quantitative estimate of drug-likeness (QED) is 0.749. The number of aromatic nitrogens is 3. The lowest BCUT2D eigenvalue weighted by Crippen LogP contribution is -1.84. The van der Waals surface area contributed by atoms with Gasteiger partial charge in [-0.15, -0.1) is 11.3 Å². The minimum absolute atomic E-state index is 0.448. The molecule has 0 aromatic carbocycles. The normalized spacial score (nSPS) is 10.6. The van der Waals surface area contributed by atoms with E-state index in [9.17, 15) is 0 Å². The Morgan fingerprint density at radius 1 is 1.18 bits per heavy atom. The summed E-state index contributed by atoms with van der Waals surface area (Å²) in [5.41, 5.74) is 7.31. The molecule has 0 bridgehead atoms. The zero-order valence-electron chi connectivity index (χ0n) is 8.70. The third kappa shape index (κ3) is 1.78. The Morgan fingerprint density at radius 3 is 2.71 bits per heavy atom. The van der Waals surface area contributed by atoms with Gasteiger partial charge in [0, 0.05) is 18.0 Å². The minimum atomic E-state index is 0.448. The average Bonchev–Trinajstić information content (AvgIpc) is 2.98. The van der Waals surface area contributed by atoms with E-state index in [1.807, 2.05) is 23.6 Å². The fourth-order valence-electron chi connectivity index (χ4n) is 1.43. The molecular formula is C11H8N4OS. The lowest BCUT2D eigenvalue weighted by molar-refractivity contribution is 0.433. The van der Waals surface area contributed by atoms with Gasteiger partial charge >= 0.3 is 0 Å². The fraction of sp³-hybridized carbons (Fsp3) is 0. The molecule has 17 heavy (non-hydrogen) atoms. The van der Waals surface area contributed by atoms with Crippen LogP contribution in [0.3, 0.4) is 0 Å². The standard InChI is InChI=1S/C11H8N4OS/c12-8-3-6-17-9(8)11-14-10(15-16-11)7-1-4-13-5-2-7/h1-6H,12H2. The van der Waals surface area contributed by atoms with Crippen molar-refractivity contribution in [1.29, 1.82) is 0 Å². The van der Waals surface area contributed by atoms with Gasteiger partial charge in [0.1, 0.15) is 4.88 Å². The summed E-state index contributed by atoms with van der Waals surface area (Å²) in [5.74, 6) is 0.986. The molecule has 2 N–H and O–H groups in total. The molecule has 3 aromatic heterocycles. The van der Waals surface area contributed by atoms with Crippen molar-refractivity contribution in [1.82, 2.24) is 15.1 Å². The van der Waals surface area contributed by atoms with Crippen molar-refractivity contribution >= 4 is 17.0 Å².